The molecule has 0 aliphatic carbocycles. The normalized spacial score (nSPS) is 9.86. The van der Waals surface area contributed by atoms with Crippen LogP contribution in [-0.2, 0) is 6.61 Å². The Morgan fingerprint density at radius 1 is 1.50 bits per heavy atom. The van der Waals surface area contributed by atoms with Gasteiger partial charge >= 0.3 is 0 Å². The van der Waals surface area contributed by atoms with Gasteiger partial charge in [0.1, 0.15) is 5.75 Å². The summed E-state index contributed by atoms with van der Waals surface area (Å²) >= 11 is 3.38. The number of rotatable bonds is 5. The van der Waals surface area contributed by atoms with Crippen LogP contribution in [0.2, 0.25) is 0 Å². The molecule has 0 unspecified atom stereocenters. The quantitative estimate of drug-likeness (QED) is 0.649. The fourth-order valence-corrected chi connectivity index (χ4v) is 1.61. The number of aliphatic hydroxyl groups is 1. The van der Waals surface area contributed by atoms with Gasteiger partial charge in [0.25, 0.3) is 0 Å². The summed E-state index contributed by atoms with van der Waals surface area (Å²) in [6.45, 7) is 4.19. The SMILES string of the molecule is C=CCCOc1c(Br)cccc1CO. The van der Waals surface area contributed by atoms with Crippen LogP contribution in [-0.4, -0.2) is 11.7 Å². The lowest BCUT2D eigenvalue weighted by Crippen LogP contribution is -2.00. The highest BCUT2D eigenvalue weighted by Gasteiger charge is 2.06. The molecule has 2 nitrogen and oxygen atoms in total. The summed E-state index contributed by atoms with van der Waals surface area (Å²) in [6, 6.07) is 5.60. The van der Waals surface area contributed by atoms with Gasteiger partial charge in [-0.15, -0.1) is 6.58 Å². The summed E-state index contributed by atoms with van der Waals surface area (Å²) in [6.07, 6.45) is 2.60. The number of hydrogen-bond acceptors (Lipinski definition) is 2. The van der Waals surface area contributed by atoms with Crippen LogP contribution in [0.3, 0.4) is 0 Å². The number of ether oxygens (including phenoxy) is 1. The Bertz CT molecular complexity index is 310. The minimum absolute atomic E-state index is 0.0110. The Hall–Kier alpha value is -0.800. The zero-order chi connectivity index (χ0) is 10.4. The smallest absolute Gasteiger partial charge is 0.138 e. The van der Waals surface area contributed by atoms with E-state index in [1.165, 1.54) is 0 Å². The van der Waals surface area contributed by atoms with Crippen molar-refractivity contribution in [3.63, 3.8) is 0 Å². The number of para-hydroxylation sites is 1. The molecule has 0 amide bonds. The first kappa shape index (κ1) is 11.3. The number of hydrogen-bond donors (Lipinski definition) is 1. The first-order valence-corrected chi connectivity index (χ1v) is 5.21. The lowest BCUT2D eigenvalue weighted by molar-refractivity contribution is 0.263. The van der Waals surface area contributed by atoms with Crippen molar-refractivity contribution in [1.82, 2.24) is 0 Å². The molecule has 0 fully saturated rings. The van der Waals surface area contributed by atoms with E-state index in [4.69, 9.17) is 9.84 Å². The molecule has 0 aliphatic rings. The van der Waals surface area contributed by atoms with Crippen molar-refractivity contribution in [1.29, 1.82) is 0 Å². The molecule has 0 saturated carbocycles. The first-order valence-electron chi connectivity index (χ1n) is 4.41. The van der Waals surface area contributed by atoms with Gasteiger partial charge < -0.3 is 9.84 Å². The molecule has 1 aromatic carbocycles. The maximum absolute atomic E-state index is 9.08. The van der Waals surface area contributed by atoms with Crippen LogP contribution >= 0.6 is 15.9 Å². The third-order valence-electron chi connectivity index (χ3n) is 1.79. The summed E-state index contributed by atoms with van der Waals surface area (Å²) in [5.41, 5.74) is 0.795. The van der Waals surface area contributed by atoms with Gasteiger partial charge in [-0.1, -0.05) is 18.2 Å². The maximum atomic E-state index is 9.08. The molecule has 76 valence electrons. The highest BCUT2D eigenvalue weighted by atomic mass is 79.9. The van der Waals surface area contributed by atoms with Gasteiger partial charge in [0.15, 0.2) is 0 Å². The van der Waals surface area contributed by atoms with Crippen LogP contribution in [0.5, 0.6) is 5.75 Å². The molecule has 0 saturated heterocycles. The number of aliphatic hydroxyl groups excluding tert-OH is 1. The van der Waals surface area contributed by atoms with Crippen LogP contribution in [0.4, 0.5) is 0 Å². The standard InChI is InChI=1S/C11H13BrO2/c1-2-3-7-14-11-9(8-13)5-4-6-10(11)12/h2,4-6,13H,1,3,7-8H2. The van der Waals surface area contributed by atoms with Gasteiger partial charge in [-0.2, -0.15) is 0 Å². The summed E-state index contributed by atoms with van der Waals surface area (Å²) in [5.74, 6) is 0.719. The molecule has 1 rings (SSSR count). The van der Waals surface area contributed by atoms with Gasteiger partial charge in [-0.05, 0) is 28.4 Å². The van der Waals surface area contributed by atoms with E-state index < -0.39 is 0 Å². The second-order valence-corrected chi connectivity index (χ2v) is 3.67. The van der Waals surface area contributed by atoms with Gasteiger partial charge in [0.2, 0.25) is 0 Å². The van der Waals surface area contributed by atoms with Crippen LogP contribution in [0, 0.1) is 0 Å². The van der Waals surface area contributed by atoms with Crippen molar-refractivity contribution in [3.8, 4) is 5.75 Å². The Morgan fingerprint density at radius 2 is 2.29 bits per heavy atom. The van der Waals surface area contributed by atoms with E-state index in [2.05, 4.69) is 22.5 Å². The Labute approximate surface area is 92.3 Å². The van der Waals surface area contributed by atoms with Crippen LogP contribution in [0.15, 0.2) is 35.3 Å². The molecular formula is C11H13BrO2. The monoisotopic (exact) mass is 256 g/mol. The summed E-state index contributed by atoms with van der Waals surface area (Å²) in [4.78, 5) is 0. The van der Waals surface area contributed by atoms with Crippen LogP contribution in [0.25, 0.3) is 0 Å². The Balaban J connectivity index is 2.76. The van der Waals surface area contributed by atoms with E-state index >= 15 is 0 Å². The predicted octanol–water partition coefficient (Wildman–Crippen LogP) is 2.90. The van der Waals surface area contributed by atoms with Gasteiger partial charge in [0.05, 0.1) is 17.7 Å². The topological polar surface area (TPSA) is 29.5 Å². The molecule has 0 bridgehead atoms. The molecule has 0 aromatic heterocycles. The summed E-state index contributed by atoms with van der Waals surface area (Å²) in [5, 5.41) is 9.08. The van der Waals surface area contributed by atoms with E-state index in [-0.39, 0.29) is 6.61 Å². The van der Waals surface area contributed by atoms with Crippen LogP contribution < -0.4 is 4.74 Å². The highest BCUT2D eigenvalue weighted by molar-refractivity contribution is 9.10. The van der Waals surface area contributed by atoms with Crippen molar-refractivity contribution in [2.75, 3.05) is 6.61 Å². The highest BCUT2D eigenvalue weighted by Crippen LogP contribution is 2.29. The zero-order valence-corrected chi connectivity index (χ0v) is 9.46. The van der Waals surface area contributed by atoms with Gasteiger partial charge in [0, 0.05) is 5.56 Å². The third kappa shape index (κ3) is 2.86. The van der Waals surface area contributed by atoms with Crippen LogP contribution in [0.1, 0.15) is 12.0 Å². The largest absolute Gasteiger partial charge is 0.492 e. The van der Waals surface area contributed by atoms with E-state index in [1.807, 2.05) is 18.2 Å². The van der Waals surface area contributed by atoms with Crippen molar-refractivity contribution >= 4 is 15.9 Å². The van der Waals surface area contributed by atoms with E-state index in [9.17, 15) is 0 Å². The Morgan fingerprint density at radius 3 is 2.93 bits per heavy atom. The van der Waals surface area contributed by atoms with Gasteiger partial charge in [-0.3, -0.25) is 0 Å². The van der Waals surface area contributed by atoms with Crippen molar-refractivity contribution in [3.05, 3.63) is 40.9 Å². The predicted molar refractivity (Wildman–Crippen MR) is 60.4 cm³/mol. The van der Waals surface area contributed by atoms with Crippen molar-refractivity contribution in [2.45, 2.75) is 13.0 Å². The molecule has 1 aromatic rings. The maximum Gasteiger partial charge on any atom is 0.138 e. The molecular weight excluding hydrogens is 244 g/mol. The number of halogens is 1. The fourth-order valence-electron chi connectivity index (χ4n) is 1.08. The summed E-state index contributed by atoms with van der Waals surface area (Å²) in [7, 11) is 0. The average Bonchev–Trinajstić information content (AvgIpc) is 2.20. The van der Waals surface area contributed by atoms with Crippen molar-refractivity contribution in [2.24, 2.45) is 0 Å². The molecule has 1 N–H and O–H groups in total. The molecule has 0 spiro atoms. The molecule has 0 radical (unpaired) electrons. The zero-order valence-electron chi connectivity index (χ0n) is 7.87. The third-order valence-corrected chi connectivity index (χ3v) is 2.41. The minimum Gasteiger partial charge on any atom is -0.492 e. The molecule has 3 heteroatoms. The van der Waals surface area contributed by atoms with Crippen molar-refractivity contribution < 1.29 is 9.84 Å². The average molecular weight is 257 g/mol. The molecule has 0 aliphatic heterocycles. The van der Waals surface area contributed by atoms with E-state index in [0.717, 1.165) is 22.2 Å². The lowest BCUT2D eigenvalue weighted by Gasteiger charge is -2.10. The molecule has 14 heavy (non-hydrogen) atoms. The fraction of sp³-hybridized carbons (Fsp3) is 0.273. The summed E-state index contributed by atoms with van der Waals surface area (Å²) < 4.78 is 6.39. The number of benzene rings is 1. The molecule has 0 heterocycles. The first-order chi connectivity index (χ1) is 6.79. The van der Waals surface area contributed by atoms with Gasteiger partial charge in [-0.25, -0.2) is 0 Å². The minimum atomic E-state index is -0.0110. The van der Waals surface area contributed by atoms with E-state index in [1.54, 1.807) is 6.08 Å². The molecule has 0 atom stereocenters. The second-order valence-electron chi connectivity index (χ2n) is 2.81. The van der Waals surface area contributed by atoms with E-state index in [0.29, 0.717) is 6.61 Å². The Kier molecular flexibility index (Phi) is 4.70. The lowest BCUT2D eigenvalue weighted by atomic mass is 10.2. The second kappa shape index (κ2) is 5.83.